The fourth-order valence-electron chi connectivity index (χ4n) is 5.48. The molecule has 2 heterocycles. The average Bonchev–Trinajstić information content (AvgIpc) is 2.98. The Balaban J connectivity index is 1.86. The van der Waals surface area contributed by atoms with E-state index in [4.69, 9.17) is 4.74 Å². The summed E-state index contributed by atoms with van der Waals surface area (Å²) in [6, 6.07) is 6.08. The first-order valence-corrected chi connectivity index (χ1v) is 15.2. The lowest BCUT2D eigenvalue weighted by atomic mass is 9.93. The highest BCUT2D eigenvalue weighted by molar-refractivity contribution is 5.97. The van der Waals surface area contributed by atoms with E-state index < -0.39 is 36.0 Å². The molecule has 4 amide bonds. The molecule has 0 aromatic heterocycles. The monoisotopic (exact) mass is 570 g/mol. The topological polar surface area (TPSA) is 134 Å². The quantitative estimate of drug-likeness (QED) is 0.277. The van der Waals surface area contributed by atoms with E-state index >= 15 is 0 Å². The van der Waals surface area contributed by atoms with E-state index in [1.165, 1.54) is 0 Å². The third-order valence-electron chi connectivity index (χ3n) is 8.09. The van der Waals surface area contributed by atoms with Crippen LogP contribution in [-0.4, -0.2) is 71.8 Å². The van der Waals surface area contributed by atoms with Crippen molar-refractivity contribution in [1.29, 1.82) is 0 Å². The van der Waals surface area contributed by atoms with Crippen molar-refractivity contribution >= 4 is 29.6 Å². The fraction of sp³-hybridized carbons (Fsp3) is 0.645. The Morgan fingerprint density at radius 3 is 2.34 bits per heavy atom. The Hall–Kier alpha value is -3.43. The molecular weight excluding hydrogens is 524 g/mol. The lowest BCUT2D eigenvalue weighted by Gasteiger charge is -2.39. The number of unbranched alkanes of at least 4 members (excludes halogenated alkanes) is 2. The van der Waals surface area contributed by atoms with E-state index in [2.05, 4.69) is 16.0 Å². The van der Waals surface area contributed by atoms with Crippen LogP contribution in [-0.2, 0) is 35.1 Å². The number of amides is 4. The molecule has 2 aliphatic rings. The van der Waals surface area contributed by atoms with Crippen molar-refractivity contribution in [2.75, 3.05) is 13.2 Å². The molecule has 5 atom stereocenters. The standard InChI is InChI=1S/C31H46N4O6/c1-4-21(3)27-31(40)35-19-13-12-17-25(35)30(39)32-23(16-10-7-11-18-26(36)41-5-2)28(37)33-24(29(38)34-27)20-22-14-8-6-9-15-22/h6,8-9,14-15,21,23-25,27H,4-5,7,10-13,16-20H2,1-3H3,(H,32,39)(H,33,37)(H,34,38). The van der Waals surface area contributed by atoms with Crippen LogP contribution >= 0.6 is 0 Å². The van der Waals surface area contributed by atoms with Crippen molar-refractivity contribution in [3.05, 3.63) is 35.9 Å². The van der Waals surface area contributed by atoms with Gasteiger partial charge in [-0.1, -0.05) is 63.4 Å². The predicted octanol–water partition coefficient (Wildman–Crippen LogP) is 2.64. The molecule has 2 fully saturated rings. The maximum atomic E-state index is 13.8. The smallest absolute Gasteiger partial charge is 0.305 e. The third kappa shape index (κ3) is 9.30. The summed E-state index contributed by atoms with van der Waals surface area (Å²) in [5, 5.41) is 8.74. The van der Waals surface area contributed by atoms with Crippen molar-refractivity contribution in [3.8, 4) is 0 Å². The highest BCUT2D eigenvalue weighted by Crippen LogP contribution is 2.22. The number of ether oxygens (including phenoxy) is 1. The van der Waals surface area contributed by atoms with Gasteiger partial charge < -0.3 is 25.6 Å². The van der Waals surface area contributed by atoms with Crippen LogP contribution in [0.15, 0.2) is 30.3 Å². The molecule has 0 bridgehead atoms. The molecule has 3 N–H and O–H groups in total. The summed E-state index contributed by atoms with van der Waals surface area (Å²) in [6.45, 7) is 6.40. The van der Waals surface area contributed by atoms with E-state index in [0.717, 1.165) is 18.4 Å². The van der Waals surface area contributed by atoms with Gasteiger partial charge in [0.25, 0.3) is 0 Å². The third-order valence-corrected chi connectivity index (χ3v) is 8.09. The molecule has 10 nitrogen and oxygen atoms in total. The summed E-state index contributed by atoms with van der Waals surface area (Å²) < 4.78 is 4.98. The number of piperidine rings is 1. The first kappa shape index (κ1) is 32.1. The number of rotatable bonds is 11. The lowest BCUT2D eigenvalue weighted by Crippen LogP contribution is -2.64. The van der Waals surface area contributed by atoms with E-state index in [-0.39, 0.29) is 30.1 Å². The Labute approximate surface area is 243 Å². The molecule has 0 saturated carbocycles. The summed E-state index contributed by atoms with van der Waals surface area (Å²) in [6.07, 6.45) is 5.51. The minimum atomic E-state index is -0.927. The predicted molar refractivity (Wildman–Crippen MR) is 154 cm³/mol. The number of nitrogens with one attached hydrogen (secondary N) is 3. The number of carbonyl (C=O) groups excluding carboxylic acids is 5. The zero-order valence-corrected chi connectivity index (χ0v) is 24.7. The molecule has 1 aromatic rings. The van der Waals surface area contributed by atoms with Crippen LogP contribution in [0.5, 0.6) is 0 Å². The van der Waals surface area contributed by atoms with Crippen molar-refractivity contribution in [3.63, 3.8) is 0 Å². The van der Waals surface area contributed by atoms with Gasteiger partial charge in [-0.2, -0.15) is 0 Å². The largest absolute Gasteiger partial charge is 0.466 e. The van der Waals surface area contributed by atoms with E-state index in [9.17, 15) is 24.0 Å². The number of carbonyl (C=O) groups is 5. The first-order valence-electron chi connectivity index (χ1n) is 15.2. The SMILES string of the molecule is CCOC(=O)CCCCCC1NC(=O)C2CCCCN2C(=O)C(C(C)CC)NC(=O)C(Cc2ccccc2)NC1=O. The van der Waals surface area contributed by atoms with Crippen molar-refractivity contribution in [1.82, 2.24) is 20.9 Å². The molecule has 0 aliphatic carbocycles. The molecule has 2 saturated heterocycles. The molecule has 226 valence electrons. The minimum absolute atomic E-state index is 0.157. The Morgan fingerprint density at radius 2 is 1.63 bits per heavy atom. The Bertz CT molecular complexity index is 1050. The number of esters is 1. The second-order valence-electron chi connectivity index (χ2n) is 11.1. The van der Waals surface area contributed by atoms with Gasteiger partial charge in [0.2, 0.25) is 23.6 Å². The Morgan fingerprint density at radius 1 is 0.927 bits per heavy atom. The first-order chi connectivity index (χ1) is 19.7. The molecular formula is C31H46N4O6. The van der Waals surface area contributed by atoms with Gasteiger partial charge in [-0.3, -0.25) is 24.0 Å². The number of benzene rings is 1. The number of hydrogen-bond donors (Lipinski definition) is 3. The summed E-state index contributed by atoms with van der Waals surface area (Å²) in [7, 11) is 0. The van der Waals surface area contributed by atoms with Gasteiger partial charge in [-0.05, 0) is 50.5 Å². The summed E-state index contributed by atoms with van der Waals surface area (Å²) >= 11 is 0. The second kappa shape index (κ2) is 16.1. The summed E-state index contributed by atoms with van der Waals surface area (Å²) in [5.74, 6) is -1.87. The van der Waals surface area contributed by atoms with E-state index in [1.54, 1.807) is 11.8 Å². The molecule has 0 spiro atoms. The van der Waals surface area contributed by atoms with Crippen LogP contribution in [0.25, 0.3) is 0 Å². The van der Waals surface area contributed by atoms with Gasteiger partial charge in [0.05, 0.1) is 6.61 Å². The van der Waals surface area contributed by atoms with Crippen LogP contribution in [0.2, 0.25) is 0 Å². The molecule has 3 rings (SSSR count). The number of hydrogen-bond acceptors (Lipinski definition) is 6. The fourth-order valence-corrected chi connectivity index (χ4v) is 5.48. The summed E-state index contributed by atoms with van der Waals surface area (Å²) in [4.78, 5) is 68.0. The van der Waals surface area contributed by atoms with Gasteiger partial charge in [-0.15, -0.1) is 0 Å². The molecule has 2 aliphatic heterocycles. The maximum Gasteiger partial charge on any atom is 0.305 e. The van der Waals surface area contributed by atoms with Gasteiger partial charge in [-0.25, -0.2) is 0 Å². The number of nitrogens with zero attached hydrogens (tertiary/aromatic N) is 1. The van der Waals surface area contributed by atoms with Gasteiger partial charge in [0, 0.05) is 19.4 Å². The van der Waals surface area contributed by atoms with Crippen LogP contribution < -0.4 is 16.0 Å². The Kier molecular flexibility index (Phi) is 12.6. The van der Waals surface area contributed by atoms with Crippen LogP contribution in [0, 0.1) is 5.92 Å². The van der Waals surface area contributed by atoms with Crippen molar-refractivity contribution < 1.29 is 28.7 Å². The maximum absolute atomic E-state index is 13.8. The average molecular weight is 571 g/mol. The van der Waals surface area contributed by atoms with Crippen molar-refractivity contribution in [2.24, 2.45) is 5.92 Å². The van der Waals surface area contributed by atoms with Gasteiger partial charge >= 0.3 is 5.97 Å². The highest BCUT2D eigenvalue weighted by Gasteiger charge is 2.40. The second-order valence-corrected chi connectivity index (χ2v) is 11.1. The molecule has 1 aromatic carbocycles. The highest BCUT2D eigenvalue weighted by atomic mass is 16.5. The van der Waals surface area contributed by atoms with Crippen LogP contribution in [0.3, 0.4) is 0 Å². The zero-order valence-electron chi connectivity index (χ0n) is 24.7. The molecule has 0 radical (unpaired) electrons. The molecule has 10 heteroatoms. The van der Waals surface area contributed by atoms with Crippen molar-refractivity contribution in [2.45, 2.75) is 109 Å². The zero-order chi connectivity index (χ0) is 29.8. The van der Waals surface area contributed by atoms with E-state index in [0.29, 0.717) is 58.1 Å². The van der Waals surface area contributed by atoms with Crippen LogP contribution in [0.4, 0.5) is 0 Å². The lowest BCUT2D eigenvalue weighted by molar-refractivity contribution is -0.147. The van der Waals surface area contributed by atoms with Crippen LogP contribution in [0.1, 0.15) is 84.1 Å². The van der Waals surface area contributed by atoms with E-state index in [1.807, 2.05) is 44.2 Å². The number of fused-ring (bicyclic) bond motifs is 1. The normalized spacial score (nSPS) is 24.6. The minimum Gasteiger partial charge on any atom is -0.466 e. The van der Waals surface area contributed by atoms with Gasteiger partial charge in [0.15, 0.2) is 0 Å². The molecule has 41 heavy (non-hydrogen) atoms. The molecule has 5 unspecified atom stereocenters. The summed E-state index contributed by atoms with van der Waals surface area (Å²) in [5.41, 5.74) is 0.863. The van der Waals surface area contributed by atoms with Gasteiger partial charge in [0.1, 0.15) is 24.2 Å².